The van der Waals surface area contributed by atoms with Crippen molar-refractivity contribution in [3.05, 3.63) is 23.8 Å². The number of hydrogen-bond donors (Lipinski definition) is 2. The molecule has 28 heavy (non-hydrogen) atoms. The maximum atomic E-state index is 12.2. The standard InChI is InChI=1S/C20H29N3O5/c1-2-3-4-7-21-19(24)20(25)22-13-16(23-8-10-26-11-9-23)15-5-6-17-18(12-15)28-14-27-17/h5-6,12,16H,2-4,7-11,13-14H2,1H3,(H,21,24)(H,22,25). The summed E-state index contributed by atoms with van der Waals surface area (Å²) in [6.07, 6.45) is 2.98. The lowest BCUT2D eigenvalue weighted by Crippen LogP contribution is -2.46. The molecule has 1 unspecified atom stereocenters. The molecule has 0 aromatic heterocycles. The molecule has 0 saturated carbocycles. The zero-order chi connectivity index (χ0) is 19.8. The molecule has 1 aromatic carbocycles. The van der Waals surface area contributed by atoms with E-state index in [9.17, 15) is 9.59 Å². The van der Waals surface area contributed by atoms with Gasteiger partial charge in [-0.2, -0.15) is 0 Å². The highest BCUT2D eigenvalue weighted by Crippen LogP contribution is 2.35. The Bertz CT molecular complexity index is 676. The summed E-state index contributed by atoms with van der Waals surface area (Å²) in [5.74, 6) is 0.244. The maximum Gasteiger partial charge on any atom is 0.309 e. The lowest BCUT2D eigenvalue weighted by Gasteiger charge is -2.34. The van der Waals surface area contributed by atoms with Crippen LogP contribution in [0, 0.1) is 0 Å². The van der Waals surface area contributed by atoms with E-state index >= 15 is 0 Å². The van der Waals surface area contributed by atoms with E-state index in [1.54, 1.807) is 0 Å². The minimum absolute atomic E-state index is 0.0739. The van der Waals surface area contributed by atoms with Crippen LogP contribution in [0.5, 0.6) is 11.5 Å². The first-order valence-corrected chi connectivity index (χ1v) is 9.96. The second-order valence-corrected chi connectivity index (χ2v) is 6.95. The summed E-state index contributed by atoms with van der Waals surface area (Å²) in [6, 6.07) is 5.73. The highest BCUT2D eigenvalue weighted by molar-refractivity contribution is 6.35. The fraction of sp³-hybridized carbons (Fsp3) is 0.600. The summed E-state index contributed by atoms with van der Waals surface area (Å²) in [6.45, 7) is 5.98. The Hall–Kier alpha value is -2.32. The molecule has 0 bridgehead atoms. The molecule has 1 saturated heterocycles. The Morgan fingerprint density at radius 2 is 1.82 bits per heavy atom. The number of rotatable bonds is 8. The van der Waals surface area contributed by atoms with Crippen LogP contribution in [0.25, 0.3) is 0 Å². The van der Waals surface area contributed by atoms with E-state index in [-0.39, 0.29) is 12.8 Å². The first-order chi connectivity index (χ1) is 13.7. The lowest BCUT2D eigenvalue weighted by molar-refractivity contribution is -0.139. The van der Waals surface area contributed by atoms with Crippen molar-refractivity contribution >= 4 is 11.8 Å². The molecule has 0 spiro atoms. The summed E-state index contributed by atoms with van der Waals surface area (Å²) < 4.78 is 16.3. The van der Waals surface area contributed by atoms with Crippen molar-refractivity contribution in [1.82, 2.24) is 15.5 Å². The summed E-state index contributed by atoms with van der Waals surface area (Å²) in [7, 11) is 0. The molecule has 1 atom stereocenters. The van der Waals surface area contributed by atoms with Gasteiger partial charge in [0.15, 0.2) is 11.5 Å². The van der Waals surface area contributed by atoms with Crippen molar-refractivity contribution in [2.75, 3.05) is 46.2 Å². The Kier molecular flexibility index (Phi) is 7.50. The van der Waals surface area contributed by atoms with Gasteiger partial charge in [-0.25, -0.2) is 0 Å². The van der Waals surface area contributed by atoms with E-state index in [0.717, 1.165) is 43.7 Å². The van der Waals surface area contributed by atoms with Crippen LogP contribution < -0.4 is 20.1 Å². The molecule has 1 aromatic rings. The van der Waals surface area contributed by atoms with Crippen LogP contribution in [0.3, 0.4) is 0 Å². The highest BCUT2D eigenvalue weighted by Gasteiger charge is 2.26. The fourth-order valence-corrected chi connectivity index (χ4v) is 3.39. The smallest absolute Gasteiger partial charge is 0.309 e. The zero-order valence-electron chi connectivity index (χ0n) is 16.4. The van der Waals surface area contributed by atoms with Gasteiger partial charge in [0, 0.05) is 26.2 Å². The van der Waals surface area contributed by atoms with Crippen molar-refractivity contribution < 1.29 is 23.8 Å². The average Bonchev–Trinajstić information content (AvgIpc) is 3.20. The second-order valence-electron chi connectivity index (χ2n) is 6.95. The monoisotopic (exact) mass is 391 g/mol. The Balaban J connectivity index is 1.61. The van der Waals surface area contributed by atoms with Crippen LogP contribution in [-0.4, -0.2) is 62.9 Å². The Labute approximate surface area is 165 Å². The molecule has 8 heteroatoms. The van der Waals surface area contributed by atoms with Crippen LogP contribution in [0.1, 0.15) is 37.8 Å². The summed E-state index contributed by atoms with van der Waals surface area (Å²) in [5, 5.41) is 5.45. The topological polar surface area (TPSA) is 89.1 Å². The number of nitrogens with zero attached hydrogens (tertiary/aromatic N) is 1. The molecule has 8 nitrogen and oxygen atoms in total. The van der Waals surface area contributed by atoms with E-state index < -0.39 is 11.8 Å². The normalized spacial score (nSPS) is 17.2. The predicted octanol–water partition coefficient (Wildman–Crippen LogP) is 1.21. The number of carbonyl (C=O) groups is 2. The van der Waals surface area contributed by atoms with Crippen LogP contribution in [0.15, 0.2) is 18.2 Å². The fourth-order valence-electron chi connectivity index (χ4n) is 3.39. The number of ether oxygens (including phenoxy) is 3. The van der Waals surface area contributed by atoms with Crippen LogP contribution in [0.4, 0.5) is 0 Å². The molecule has 3 rings (SSSR count). The van der Waals surface area contributed by atoms with E-state index in [2.05, 4.69) is 22.5 Å². The third kappa shape index (κ3) is 5.36. The third-order valence-corrected chi connectivity index (χ3v) is 5.00. The second kappa shape index (κ2) is 10.3. The van der Waals surface area contributed by atoms with Gasteiger partial charge in [-0.05, 0) is 24.1 Å². The van der Waals surface area contributed by atoms with Crippen molar-refractivity contribution in [3.63, 3.8) is 0 Å². The van der Waals surface area contributed by atoms with E-state index in [1.807, 2.05) is 18.2 Å². The summed E-state index contributed by atoms with van der Waals surface area (Å²) in [4.78, 5) is 26.4. The number of hydrogen-bond acceptors (Lipinski definition) is 6. The molecular formula is C20H29N3O5. The first-order valence-electron chi connectivity index (χ1n) is 9.96. The molecule has 2 heterocycles. The lowest BCUT2D eigenvalue weighted by atomic mass is 10.0. The molecular weight excluding hydrogens is 362 g/mol. The summed E-state index contributed by atoms with van der Waals surface area (Å²) >= 11 is 0. The van der Waals surface area contributed by atoms with Gasteiger partial charge in [-0.3, -0.25) is 14.5 Å². The SMILES string of the molecule is CCCCCNC(=O)C(=O)NCC(c1ccc2c(c1)OCO2)N1CCOCC1. The number of carbonyl (C=O) groups excluding carboxylic acids is 2. The largest absolute Gasteiger partial charge is 0.454 e. The molecule has 0 radical (unpaired) electrons. The van der Waals surface area contributed by atoms with Crippen LogP contribution in [-0.2, 0) is 14.3 Å². The van der Waals surface area contributed by atoms with E-state index in [4.69, 9.17) is 14.2 Å². The Morgan fingerprint density at radius 1 is 1.07 bits per heavy atom. The number of amides is 2. The predicted molar refractivity (Wildman–Crippen MR) is 103 cm³/mol. The molecule has 0 aliphatic carbocycles. The van der Waals surface area contributed by atoms with Crippen molar-refractivity contribution in [3.8, 4) is 11.5 Å². The van der Waals surface area contributed by atoms with Crippen molar-refractivity contribution in [2.45, 2.75) is 32.2 Å². The highest BCUT2D eigenvalue weighted by atomic mass is 16.7. The molecule has 2 aliphatic heterocycles. The summed E-state index contributed by atoms with van der Waals surface area (Å²) in [5.41, 5.74) is 1.01. The number of morpholine rings is 1. The van der Waals surface area contributed by atoms with Gasteiger partial charge in [-0.15, -0.1) is 0 Å². The molecule has 1 fully saturated rings. The van der Waals surface area contributed by atoms with Crippen molar-refractivity contribution in [2.24, 2.45) is 0 Å². The van der Waals surface area contributed by atoms with Gasteiger partial charge in [0.05, 0.1) is 19.3 Å². The number of unbranched alkanes of at least 4 members (excludes halogenated alkanes) is 2. The quantitative estimate of drug-likeness (QED) is 0.512. The minimum atomic E-state index is -0.601. The van der Waals surface area contributed by atoms with Gasteiger partial charge >= 0.3 is 11.8 Å². The molecule has 2 amide bonds. The van der Waals surface area contributed by atoms with Crippen LogP contribution >= 0.6 is 0 Å². The first kappa shape index (κ1) is 20.4. The third-order valence-electron chi connectivity index (χ3n) is 5.00. The number of nitrogens with one attached hydrogen (secondary N) is 2. The number of fused-ring (bicyclic) bond motifs is 1. The van der Waals surface area contributed by atoms with E-state index in [0.29, 0.717) is 32.1 Å². The molecule has 154 valence electrons. The van der Waals surface area contributed by atoms with Crippen LogP contribution in [0.2, 0.25) is 0 Å². The average molecular weight is 391 g/mol. The van der Waals surface area contributed by atoms with Gasteiger partial charge in [0.25, 0.3) is 0 Å². The van der Waals surface area contributed by atoms with Gasteiger partial charge in [-0.1, -0.05) is 25.8 Å². The minimum Gasteiger partial charge on any atom is -0.454 e. The van der Waals surface area contributed by atoms with E-state index in [1.165, 1.54) is 0 Å². The Morgan fingerprint density at radius 3 is 2.61 bits per heavy atom. The van der Waals surface area contributed by atoms with Crippen molar-refractivity contribution in [1.29, 1.82) is 0 Å². The van der Waals surface area contributed by atoms with Gasteiger partial charge in [0.2, 0.25) is 6.79 Å². The number of benzene rings is 1. The van der Waals surface area contributed by atoms with Gasteiger partial charge in [0.1, 0.15) is 0 Å². The zero-order valence-corrected chi connectivity index (χ0v) is 16.4. The van der Waals surface area contributed by atoms with Gasteiger partial charge < -0.3 is 24.8 Å². The molecule has 2 aliphatic rings. The molecule has 2 N–H and O–H groups in total. The maximum absolute atomic E-state index is 12.2.